The smallest absolute Gasteiger partial charge is 0.350 e. The summed E-state index contributed by atoms with van der Waals surface area (Å²) in [7, 11) is 1.28. The second-order valence-corrected chi connectivity index (χ2v) is 1.53. The predicted molar refractivity (Wildman–Crippen MR) is 45.1 cm³/mol. The van der Waals surface area contributed by atoms with E-state index in [1.807, 2.05) is 0 Å². The Hall–Kier alpha value is -1.85. The van der Waals surface area contributed by atoms with Crippen molar-refractivity contribution >= 4 is 18.2 Å². The summed E-state index contributed by atoms with van der Waals surface area (Å²) >= 11 is 0. The maximum atomic E-state index is 9.75. The van der Waals surface area contributed by atoms with E-state index in [9.17, 15) is 9.59 Å². The molecule has 6 nitrogen and oxygen atoms in total. The second kappa shape index (κ2) is 10.2. The first-order valence-corrected chi connectivity index (χ1v) is 3.12. The zero-order valence-electron chi connectivity index (χ0n) is 7.39. The molecule has 6 heteroatoms. The van der Waals surface area contributed by atoms with Crippen LogP contribution in [-0.2, 0) is 19.2 Å². The van der Waals surface area contributed by atoms with Gasteiger partial charge in [-0.05, 0) is 0 Å². The molecule has 0 aliphatic heterocycles. The van der Waals surface area contributed by atoms with Gasteiger partial charge in [-0.25, -0.2) is 4.79 Å². The van der Waals surface area contributed by atoms with Crippen LogP contribution < -0.4 is 0 Å². The molecule has 13 heavy (non-hydrogen) atoms. The number of carbonyl (C=O) groups excluding carboxylic acids is 1. The molecule has 74 valence electrons. The second-order valence-electron chi connectivity index (χ2n) is 1.53. The van der Waals surface area contributed by atoms with E-state index in [2.05, 4.69) is 21.3 Å². The number of hydrogen-bond acceptors (Lipinski definition) is 5. The van der Waals surface area contributed by atoms with Gasteiger partial charge < -0.3 is 14.7 Å². The lowest BCUT2D eigenvalue weighted by Crippen LogP contribution is -1.94. The first-order chi connectivity index (χ1) is 6.04. The van der Waals surface area contributed by atoms with Crippen LogP contribution in [0.5, 0.6) is 0 Å². The summed E-state index contributed by atoms with van der Waals surface area (Å²) < 4.78 is 4.17. The molecule has 0 aliphatic carbocycles. The van der Waals surface area contributed by atoms with Gasteiger partial charge in [-0.3, -0.25) is 4.79 Å². The van der Waals surface area contributed by atoms with Crippen molar-refractivity contribution in [1.29, 1.82) is 0 Å². The SMILES string of the molecule is C=COC(C)=O.CON=CC(=O)O. The standard InChI is InChI=1S/C4H6O2.C3H5NO3/c1-3-6-4(2)5;1-7-4-2-3(5)6/h3H,1H2,2H3;2H,1H3,(H,5,6). The van der Waals surface area contributed by atoms with Gasteiger partial charge in [0.25, 0.3) is 0 Å². The number of ether oxygens (including phenoxy) is 1. The van der Waals surface area contributed by atoms with E-state index in [-0.39, 0.29) is 5.97 Å². The Morgan fingerprint density at radius 2 is 2.08 bits per heavy atom. The van der Waals surface area contributed by atoms with Crippen molar-refractivity contribution in [3.8, 4) is 0 Å². The molecule has 0 radical (unpaired) electrons. The molecule has 0 bridgehead atoms. The minimum atomic E-state index is -1.11. The van der Waals surface area contributed by atoms with Gasteiger partial charge in [-0.2, -0.15) is 0 Å². The van der Waals surface area contributed by atoms with Crippen LogP contribution in [0, 0.1) is 0 Å². The van der Waals surface area contributed by atoms with Crippen LogP contribution in [-0.4, -0.2) is 30.4 Å². The Morgan fingerprint density at radius 1 is 1.54 bits per heavy atom. The number of oxime groups is 1. The Kier molecular flexibility index (Phi) is 10.7. The molecule has 0 amide bonds. The monoisotopic (exact) mass is 189 g/mol. The Labute approximate surface area is 75.4 Å². The molecular formula is C7H11NO5. The number of carboxylic acids is 1. The fourth-order valence-electron chi connectivity index (χ4n) is 0.215. The largest absolute Gasteiger partial charge is 0.477 e. The van der Waals surface area contributed by atoms with Gasteiger partial charge in [0.15, 0.2) is 6.21 Å². The lowest BCUT2D eigenvalue weighted by atomic mass is 10.8. The van der Waals surface area contributed by atoms with Gasteiger partial charge in [-0.15, -0.1) is 0 Å². The van der Waals surface area contributed by atoms with E-state index >= 15 is 0 Å². The first-order valence-electron chi connectivity index (χ1n) is 3.12. The molecule has 0 aromatic heterocycles. The average molecular weight is 189 g/mol. The summed E-state index contributed by atoms with van der Waals surface area (Å²) in [5, 5.41) is 10.8. The van der Waals surface area contributed by atoms with Crippen LogP contribution in [0.15, 0.2) is 18.0 Å². The molecule has 0 rings (SSSR count). The highest BCUT2D eigenvalue weighted by Crippen LogP contribution is 1.70. The molecular weight excluding hydrogens is 178 g/mol. The van der Waals surface area contributed by atoms with Gasteiger partial charge in [0.2, 0.25) is 0 Å². The van der Waals surface area contributed by atoms with E-state index in [0.717, 1.165) is 6.26 Å². The fraction of sp³-hybridized carbons (Fsp3) is 0.286. The van der Waals surface area contributed by atoms with Gasteiger partial charge in [-0.1, -0.05) is 11.7 Å². The van der Waals surface area contributed by atoms with Gasteiger partial charge in [0.1, 0.15) is 7.11 Å². The maximum absolute atomic E-state index is 9.75. The van der Waals surface area contributed by atoms with Gasteiger partial charge in [0, 0.05) is 6.92 Å². The molecule has 0 aromatic carbocycles. The fourth-order valence-corrected chi connectivity index (χ4v) is 0.215. The third kappa shape index (κ3) is 25.4. The number of nitrogens with zero attached hydrogens (tertiary/aromatic N) is 1. The normalized spacial score (nSPS) is 8.15. The van der Waals surface area contributed by atoms with Crippen LogP contribution >= 0.6 is 0 Å². The number of carboxylic acid groups (broad SMARTS) is 1. The third-order valence-corrected chi connectivity index (χ3v) is 0.518. The van der Waals surface area contributed by atoms with Crippen LogP contribution in [0.4, 0.5) is 0 Å². The molecule has 0 unspecified atom stereocenters. The zero-order valence-corrected chi connectivity index (χ0v) is 7.39. The molecule has 0 heterocycles. The lowest BCUT2D eigenvalue weighted by molar-refractivity contribution is -0.135. The van der Waals surface area contributed by atoms with E-state index in [0.29, 0.717) is 6.21 Å². The van der Waals surface area contributed by atoms with E-state index < -0.39 is 5.97 Å². The third-order valence-electron chi connectivity index (χ3n) is 0.518. The summed E-state index contributed by atoms with van der Waals surface area (Å²) in [4.78, 5) is 23.3. The van der Waals surface area contributed by atoms with Gasteiger partial charge >= 0.3 is 11.9 Å². The van der Waals surface area contributed by atoms with Crippen LogP contribution in [0.1, 0.15) is 6.92 Å². The number of aliphatic carboxylic acids is 1. The average Bonchev–Trinajstić information content (AvgIpc) is 2.01. The molecule has 0 saturated heterocycles. The molecule has 0 fully saturated rings. The Balaban J connectivity index is 0. The minimum Gasteiger partial charge on any atom is -0.477 e. The number of carbonyl (C=O) groups is 2. The van der Waals surface area contributed by atoms with E-state index in [1.54, 1.807) is 0 Å². The maximum Gasteiger partial charge on any atom is 0.350 e. The van der Waals surface area contributed by atoms with Crippen molar-refractivity contribution in [1.82, 2.24) is 0 Å². The highest BCUT2D eigenvalue weighted by Gasteiger charge is 1.82. The number of hydrogen-bond donors (Lipinski definition) is 1. The molecule has 0 atom stereocenters. The van der Waals surface area contributed by atoms with Crippen molar-refractivity contribution in [2.24, 2.45) is 5.16 Å². The van der Waals surface area contributed by atoms with Crippen molar-refractivity contribution in [3.63, 3.8) is 0 Å². The van der Waals surface area contributed by atoms with E-state index in [1.165, 1.54) is 14.0 Å². The number of rotatable bonds is 3. The minimum absolute atomic E-state index is 0.329. The topological polar surface area (TPSA) is 85.2 Å². The summed E-state index contributed by atoms with van der Waals surface area (Å²) in [5.74, 6) is -1.44. The van der Waals surface area contributed by atoms with Crippen LogP contribution in [0.2, 0.25) is 0 Å². The molecule has 0 spiro atoms. The molecule has 0 aliphatic rings. The summed E-state index contributed by atoms with van der Waals surface area (Å²) in [6.45, 7) is 4.48. The Bertz CT molecular complexity index is 199. The molecule has 0 aromatic rings. The van der Waals surface area contributed by atoms with Crippen molar-refractivity contribution in [3.05, 3.63) is 12.8 Å². The lowest BCUT2D eigenvalue weighted by Gasteiger charge is -1.83. The molecule has 1 N–H and O–H groups in total. The zero-order chi connectivity index (χ0) is 10.7. The van der Waals surface area contributed by atoms with E-state index in [4.69, 9.17) is 5.11 Å². The van der Waals surface area contributed by atoms with Crippen LogP contribution in [0.25, 0.3) is 0 Å². The van der Waals surface area contributed by atoms with Crippen molar-refractivity contribution in [2.45, 2.75) is 6.92 Å². The first kappa shape index (κ1) is 13.7. The number of esters is 1. The van der Waals surface area contributed by atoms with Crippen molar-refractivity contribution < 1.29 is 24.3 Å². The summed E-state index contributed by atoms with van der Waals surface area (Å²) in [6, 6.07) is 0. The summed E-state index contributed by atoms with van der Waals surface area (Å²) in [5.41, 5.74) is 0. The molecule has 0 saturated carbocycles. The Morgan fingerprint density at radius 3 is 2.15 bits per heavy atom. The highest BCUT2D eigenvalue weighted by atomic mass is 16.6. The highest BCUT2D eigenvalue weighted by molar-refractivity contribution is 6.21. The van der Waals surface area contributed by atoms with Gasteiger partial charge in [0.05, 0.1) is 6.26 Å². The predicted octanol–water partition coefficient (Wildman–Crippen LogP) is 0.396. The van der Waals surface area contributed by atoms with Crippen molar-refractivity contribution in [2.75, 3.05) is 7.11 Å². The quantitative estimate of drug-likeness (QED) is 0.300. The summed E-state index contributed by atoms with van der Waals surface area (Å²) in [6.07, 6.45) is 1.77. The van der Waals surface area contributed by atoms with Crippen LogP contribution in [0.3, 0.4) is 0 Å².